The third-order valence-electron chi connectivity index (χ3n) is 5.38. The minimum Gasteiger partial charge on any atom is -0.488 e. The van der Waals surface area contributed by atoms with E-state index in [-0.39, 0.29) is 30.6 Å². The van der Waals surface area contributed by atoms with Crippen LogP contribution < -0.4 is 10.1 Å². The van der Waals surface area contributed by atoms with Gasteiger partial charge in [-0.05, 0) is 35.7 Å². The molecule has 2 heterocycles. The van der Waals surface area contributed by atoms with E-state index in [9.17, 15) is 19.1 Å². The topological polar surface area (TPSA) is 78.9 Å². The molecule has 1 saturated heterocycles. The van der Waals surface area contributed by atoms with Crippen LogP contribution in [-0.2, 0) is 22.4 Å². The summed E-state index contributed by atoms with van der Waals surface area (Å²) in [5, 5.41) is 13.3. The lowest BCUT2D eigenvalue weighted by Gasteiger charge is -2.36. The molecule has 0 spiro atoms. The van der Waals surface area contributed by atoms with E-state index in [1.54, 1.807) is 23.1 Å². The van der Waals surface area contributed by atoms with E-state index in [4.69, 9.17) is 4.74 Å². The van der Waals surface area contributed by atoms with Gasteiger partial charge in [-0.25, -0.2) is 4.39 Å². The van der Waals surface area contributed by atoms with Gasteiger partial charge in [0.2, 0.25) is 11.8 Å². The van der Waals surface area contributed by atoms with E-state index in [0.717, 1.165) is 11.3 Å². The lowest BCUT2D eigenvalue weighted by molar-refractivity contribution is -0.136. The van der Waals surface area contributed by atoms with Crippen molar-refractivity contribution in [2.24, 2.45) is 0 Å². The van der Waals surface area contributed by atoms with Gasteiger partial charge in [-0.2, -0.15) is 0 Å². The predicted molar refractivity (Wildman–Crippen MR) is 105 cm³/mol. The van der Waals surface area contributed by atoms with E-state index < -0.39 is 12.2 Å². The van der Waals surface area contributed by atoms with Crippen LogP contribution in [0.5, 0.6) is 5.75 Å². The number of ether oxygens (including phenoxy) is 1. The van der Waals surface area contributed by atoms with Crippen molar-refractivity contribution in [3.05, 3.63) is 59.4 Å². The Balaban J connectivity index is 1.35. The largest absolute Gasteiger partial charge is 0.488 e. The summed E-state index contributed by atoms with van der Waals surface area (Å²) >= 11 is 0. The Kier molecular flexibility index (Phi) is 5.49. The second kappa shape index (κ2) is 8.21. The van der Waals surface area contributed by atoms with Gasteiger partial charge in [-0.1, -0.05) is 18.2 Å². The molecule has 0 unspecified atom stereocenters. The number of hydrogen-bond acceptors (Lipinski definition) is 4. The molecule has 0 aliphatic carbocycles. The molecule has 152 valence electrons. The minimum atomic E-state index is -0.828. The van der Waals surface area contributed by atoms with E-state index in [1.165, 1.54) is 12.1 Å². The molecule has 6 nitrogen and oxygen atoms in total. The number of halogens is 1. The second-order valence-corrected chi connectivity index (χ2v) is 7.53. The Bertz CT molecular complexity index is 933. The highest BCUT2D eigenvalue weighted by Gasteiger charge is 2.31. The first-order chi connectivity index (χ1) is 14.0. The Hall–Kier alpha value is -2.93. The number of likely N-dealkylation sites (tertiary alicyclic amines) is 1. The van der Waals surface area contributed by atoms with Crippen LogP contribution in [0, 0.1) is 5.82 Å². The number of benzene rings is 2. The number of carbonyl (C=O) groups is 2. The van der Waals surface area contributed by atoms with Gasteiger partial charge in [0, 0.05) is 31.1 Å². The number of fused-ring (bicyclic) bond motifs is 1. The Morgan fingerprint density at radius 3 is 2.90 bits per heavy atom. The van der Waals surface area contributed by atoms with Crippen molar-refractivity contribution in [1.82, 2.24) is 4.90 Å². The molecule has 29 heavy (non-hydrogen) atoms. The first-order valence-electron chi connectivity index (χ1n) is 9.77. The molecule has 0 aromatic heterocycles. The van der Waals surface area contributed by atoms with Gasteiger partial charge in [0.1, 0.15) is 23.8 Å². The van der Waals surface area contributed by atoms with Crippen LogP contribution in [0.15, 0.2) is 42.5 Å². The fraction of sp³-hybridized carbons (Fsp3) is 0.364. The zero-order valence-corrected chi connectivity index (χ0v) is 15.9. The Labute approximate surface area is 168 Å². The van der Waals surface area contributed by atoms with Crippen molar-refractivity contribution >= 4 is 17.5 Å². The Morgan fingerprint density at radius 1 is 1.24 bits per heavy atom. The summed E-state index contributed by atoms with van der Waals surface area (Å²) in [4.78, 5) is 25.7. The van der Waals surface area contributed by atoms with Crippen molar-refractivity contribution < 1.29 is 23.8 Å². The van der Waals surface area contributed by atoms with Crippen LogP contribution in [0.25, 0.3) is 0 Å². The number of hydrogen-bond donors (Lipinski definition) is 2. The quantitative estimate of drug-likeness (QED) is 0.828. The lowest BCUT2D eigenvalue weighted by atomic mass is 10.0. The van der Waals surface area contributed by atoms with Crippen molar-refractivity contribution in [2.75, 3.05) is 18.4 Å². The Morgan fingerprint density at radius 2 is 2.10 bits per heavy atom. The van der Waals surface area contributed by atoms with Crippen LogP contribution in [0.3, 0.4) is 0 Å². The molecule has 2 atom stereocenters. The SMILES string of the molecule is O=C1CCc2ccc(O[C@@H]3CCN(C(=O)Cc4cccc(F)c4)C[C@H]3O)cc2N1. The first kappa shape index (κ1) is 19.4. The maximum absolute atomic E-state index is 13.3. The monoisotopic (exact) mass is 398 g/mol. The van der Waals surface area contributed by atoms with Crippen LogP contribution >= 0.6 is 0 Å². The van der Waals surface area contributed by atoms with E-state index in [0.29, 0.717) is 37.1 Å². The summed E-state index contributed by atoms with van der Waals surface area (Å²) in [5.74, 6) is 0.0441. The molecule has 0 bridgehead atoms. The van der Waals surface area contributed by atoms with Crippen LogP contribution in [-0.4, -0.2) is 47.1 Å². The number of amides is 2. The maximum atomic E-state index is 13.3. The average molecular weight is 398 g/mol. The summed E-state index contributed by atoms with van der Waals surface area (Å²) in [6, 6.07) is 11.5. The number of carbonyl (C=O) groups excluding carboxylic acids is 2. The molecule has 2 aliphatic rings. The third-order valence-corrected chi connectivity index (χ3v) is 5.38. The molecular formula is C22H23FN2O4. The number of nitrogens with zero attached hydrogens (tertiary/aromatic N) is 1. The molecule has 7 heteroatoms. The number of aliphatic hydroxyl groups excluding tert-OH is 1. The lowest BCUT2D eigenvalue weighted by Crippen LogP contribution is -2.51. The highest BCUT2D eigenvalue weighted by atomic mass is 19.1. The number of β-amino-alcohol motifs (C(OH)–C–C–N with tert-alkyl or cyclic N) is 1. The number of aryl methyl sites for hydroxylation is 1. The molecule has 2 N–H and O–H groups in total. The number of anilines is 1. The van der Waals surface area contributed by atoms with Gasteiger partial charge in [0.25, 0.3) is 0 Å². The van der Waals surface area contributed by atoms with Gasteiger partial charge in [0.15, 0.2) is 0 Å². The van der Waals surface area contributed by atoms with Gasteiger partial charge < -0.3 is 20.1 Å². The van der Waals surface area contributed by atoms with Gasteiger partial charge in [-0.15, -0.1) is 0 Å². The van der Waals surface area contributed by atoms with Crippen molar-refractivity contribution in [1.29, 1.82) is 0 Å². The van der Waals surface area contributed by atoms with E-state index in [2.05, 4.69) is 5.32 Å². The van der Waals surface area contributed by atoms with Crippen molar-refractivity contribution in [3.8, 4) is 5.75 Å². The molecule has 2 aliphatic heterocycles. The highest BCUT2D eigenvalue weighted by molar-refractivity contribution is 5.94. The molecule has 2 amide bonds. The maximum Gasteiger partial charge on any atom is 0.227 e. The van der Waals surface area contributed by atoms with E-state index >= 15 is 0 Å². The predicted octanol–water partition coefficient (Wildman–Crippen LogP) is 2.29. The summed E-state index contributed by atoms with van der Waals surface area (Å²) < 4.78 is 19.2. The van der Waals surface area contributed by atoms with Crippen LogP contribution in [0.1, 0.15) is 24.0 Å². The zero-order chi connectivity index (χ0) is 20.4. The van der Waals surface area contributed by atoms with Gasteiger partial charge in [-0.3, -0.25) is 9.59 Å². The molecule has 1 fully saturated rings. The van der Waals surface area contributed by atoms with Gasteiger partial charge in [0.05, 0.1) is 13.0 Å². The molecule has 0 saturated carbocycles. The summed E-state index contributed by atoms with van der Waals surface area (Å²) in [6.07, 6.45) is 0.501. The second-order valence-electron chi connectivity index (χ2n) is 7.53. The van der Waals surface area contributed by atoms with Crippen LogP contribution in [0.4, 0.5) is 10.1 Å². The number of rotatable bonds is 4. The summed E-state index contributed by atoms with van der Waals surface area (Å²) in [7, 11) is 0. The van der Waals surface area contributed by atoms with Crippen molar-refractivity contribution in [3.63, 3.8) is 0 Å². The van der Waals surface area contributed by atoms with Gasteiger partial charge >= 0.3 is 0 Å². The fourth-order valence-corrected chi connectivity index (χ4v) is 3.81. The molecule has 2 aromatic carbocycles. The van der Waals surface area contributed by atoms with Crippen molar-refractivity contribution in [2.45, 2.75) is 37.9 Å². The van der Waals surface area contributed by atoms with Crippen LogP contribution in [0.2, 0.25) is 0 Å². The first-order valence-corrected chi connectivity index (χ1v) is 9.77. The summed E-state index contributed by atoms with van der Waals surface area (Å²) in [5.41, 5.74) is 2.42. The molecule has 0 radical (unpaired) electrons. The number of piperidine rings is 1. The number of aliphatic hydroxyl groups is 1. The smallest absolute Gasteiger partial charge is 0.227 e. The highest BCUT2D eigenvalue weighted by Crippen LogP contribution is 2.29. The standard InChI is InChI=1S/C22H23FN2O4/c23-16-3-1-2-14(10-16)11-22(28)25-9-8-20(19(26)13-25)29-17-6-4-15-5-7-21(27)24-18(15)12-17/h1-4,6,10,12,19-20,26H,5,7-9,11,13H2,(H,24,27)/t19-,20-/m1/s1. The number of nitrogens with one attached hydrogen (secondary N) is 1. The minimum absolute atomic E-state index is 0.0141. The van der Waals surface area contributed by atoms with E-state index in [1.807, 2.05) is 12.1 Å². The molecule has 2 aromatic rings. The normalized spacial score (nSPS) is 21.3. The zero-order valence-electron chi connectivity index (χ0n) is 15.9. The molecule has 4 rings (SSSR count). The average Bonchev–Trinajstić information content (AvgIpc) is 2.69. The summed E-state index contributed by atoms with van der Waals surface area (Å²) in [6.45, 7) is 0.623. The third kappa shape index (κ3) is 4.56. The fourth-order valence-electron chi connectivity index (χ4n) is 3.81. The molecular weight excluding hydrogens is 375 g/mol.